The molecule has 0 radical (unpaired) electrons. The van der Waals surface area contributed by atoms with E-state index in [1.54, 1.807) is 7.11 Å². The van der Waals surface area contributed by atoms with E-state index in [4.69, 9.17) is 14.0 Å². The average molecular weight is 316 g/mol. The lowest BCUT2D eigenvalue weighted by molar-refractivity contribution is 0.236. The smallest absolute Gasteiger partial charge is 0.161 e. The second-order valence-electron chi connectivity index (χ2n) is 5.91. The van der Waals surface area contributed by atoms with Gasteiger partial charge < -0.3 is 14.0 Å². The maximum absolute atomic E-state index is 5.59. The van der Waals surface area contributed by atoms with Crippen molar-refractivity contribution in [1.29, 1.82) is 0 Å². The molecule has 2 aromatic rings. The fourth-order valence-electron chi connectivity index (χ4n) is 3.21. The van der Waals surface area contributed by atoms with Crippen LogP contribution in [0.2, 0.25) is 0 Å². The number of aromatic nitrogens is 1. The van der Waals surface area contributed by atoms with E-state index in [9.17, 15) is 0 Å². The van der Waals surface area contributed by atoms with Crippen molar-refractivity contribution >= 4 is 0 Å². The molecule has 2 heterocycles. The normalized spacial score (nSPS) is 18.3. The van der Waals surface area contributed by atoms with E-state index < -0.39 is 0 Å². The summed E-state index contributed by atoms with van der Waals surface area (Å²) in [5.74, 6) is 2.45. The zero-order chi connectivity index (χ0) is 16.2. The van der Waals surface area contributed by atoms with E-state index in [1.807, 2.05) is 26.0 Å². The molecule has 1 aliphatic heterocycles. The molecule has 1 aromatic carbocycles. The summed E-state index contributed by atoms with van der Waals surface area (Å²) in [6.45, 7) is 6.50. The highest BCUT2D eigenvalue weighted by Crippen LogP contribution is 2.34. The highest BCUT2D eigenvalue weighted by atomic mass is 16.5. The number of methoxy groups -OCH3 is 1. The van der Waals surface area contributed by atoms with Gasteiger partial charge in [0.25, 0.3) is 0 Å². The Morgan fingerprint density at radius 2 is 2.17 bits per heavy atom. The third-order valence-corrected chi connectivity index (χ3v) is 4.26. The van der Waals surface area contributed by atoms with Crippen LogP contribution in [0.3, 0.4) is 0 Å². The monoisotopic (exact) mass is 316 g/mol. The molecule has 0 aliphatic carbocycles. The maximum atomic E-state index is 5.59. The quantitative estimate of drug-likeness (QED) is 0.812. The molecule has 23 heavy (non-hydrogen) atoms. The predicted molar refractivity (Wildman–Crippen MR) is 87.8 cm³/mol. The second kappa shape index (κ2) is 7.04. The summed E-state index contributed by atoms with van der Waals surface area (Å²) in [7, 11) is 1.68. The summed E-state index contributed by atoms with van der Waals surface area (Å²) in [6.07, 6.45) is 2.31. The van der Waals surface area contributed by atoms with Crippen molar-refractivity contribution in [2.45, 2.75) is 39.3 Å². The van der Waals surface area contributed by atoms with Crippen LogP contribution in [0.5, 0.6) is 11.5 Å². The summed E-state index contributed by atoms with van der Waals surface area (Å²) in [6, 6.07) is 8.54. The van der Waals surface area contributed by atoms with E-state index in [0.717, 1.165) is 42.5 Å². The Balaban J connectivity index is 1.75. The van der Waals surface area contributed by atoms with E-state index >= 15 is 0 Å². The van der Waals surface area contributed by atoms with Crippen LogP contribution in [0.15, 0.2) is 28.8 Å². The number of nitrogens with zero attached hydrogens (tertiary/aromatic N) is 2. The van der Waals surface area contributed by atoms with E-state index in [2.05, 4.69) is 22.2 Å². The Morgan fingerprint density at radius 3 is 2.87 bits per heavy atom. The lowest BCUT2D eigenvalue weighted by Gasteiger charge is -2.23. The SMILES string of the molecule is CCOc1ccc(CN2CCCC2c2cc(C)on2)cc1OC. The van der Waals surface area contributed by atoms with Gasteiger partial charge in [-0.1, -0.05) is 11.2 Å². The van der Waals surface area contributed by atoms with Gasteiger partial charge in [0.1, 0.15) is 11.5 Å². The lowest BCUT2D eigenvalue weighted by Crippen LogP contribution is -2.23. The van der Waals surface area contributed by atoms with E-state index in [1.165, 1.54) is 12.0 Å². The number of ether oxygens (including phenoxy) is 2. The van der Waals surface area contributed by atoms with Gasteiger partial charge in [-0.25, -0.2) is 0 Å². The average Bonchev–Trinajstić information content (AvgIpc) is 3.17. The van der Waals surface area contributed by atoms with Crippen molar-refractivity contribution < 1.29 is 14.0 Å². The minimum atomic E-state index is 0.338. The maximum Gasteiger partial charge on any atom is 0.161 e. The summed E-state index contributed by atoms with van der Waals surface area (Å²) < 4.78 is 16.3. The second-order valence-corrected chi connectivity index (χ2v) is 5.91. The summed E-state index contributed by atoms with van der Waals surface area (Å²) >= 11 is 0. The molecule has 1 aliphatic rings. The molecule has 1 atom stereocenters. The van der Waals surface area contributed by atoms with Crippen LogP contribution >= 0.6 is 0 Å². The minimum absolute atomic E-state index is 0.338. The van der Waals surface area contributed by atoms with Gasteiger partial charge >= 0.3 is 0 Å². The molecule has 0 saturated carbocycles. The molecular weight excluding hydrogens is 292 g/mol. The van der Waals surface area contributed by atoms with Crippen molar-refractivity contribution in [3.05, 3.63) is 41.3 Å². The molecular formula is C18H24N2O3. The standard InChI is InChI=1S/C18H24N2O3/c1-4-22-17-8-7-14(11-18(17)21-3)12-20-9-5-6-16(20)15-10-13(2)23-19-15/h7-8,10-11,16H,4-6,9,12H2,1-3H3. The first kappa shape index (κ1) is 15.9. The van der Waals surface area contributed by atoms with Crippen LogP contribution in [0.4, 0.5) is 0 Å². The molecule has 0 N–H and O–H groups in total. The van der Waals surface area contributed by atoms with Gasteiger partial charge in [0.05, 0.1) is 19.8 Å². The Hall–Kier alpha value is -2.01. The molecule has 0 spiro atoms. The Labute approximate surface area is 137 Å². The van der Waals surface area contributed by atoms with Crippen molar-refractivity contribution in [3.8, 4) is 11.5 Å². The number of rotatable bonds is 6. The summed E-state index contributed by atoms with van der Waals surface area (Å²) in [5, 5.41) is 4.20. The molecule has 1 fully saturated rings. The molecule has 1 unspecified atom stereocenters. The van der Waals surface area contributed by atoms with E-state index in [0.29, 0.717) is 12.6 Å². The summed E-state index contributed by atoms with van der Waals surface area (Å²) in [5.41, 5.74) is 2.26. The third kappa shape index (κ3) is 3.50. The highest BCUT2D eigenvalue weighted by molar-refractivity contribution is 5.43. The minimum Gasteiger partial charge on any atom is -0.493 e. The molecule has 1 saturated heterocycles. The van der Waals surface area contributed by atoms with Gasteiger partial charge in [-0.15, -0.1) is 0 Å². The molecule has 5 nitrogen and oxygen atoms in total. The van der Waals surface area contributed by atoms with Gasteiger partial charge in [-0.2, -0.15) is 0 Å². The van der Waals surface area contributed by atoms with Crippen LogP contribution in [-0.2, 0) is 6.54 Å². The van der Waals surface area contributed by atoms with Gasteiger partial charge in [-0.3, -0.25) is 4.90 Å². The number of aryl methyl sites for hydroxylation is 1. The van der Waals surface area contributed by atoms with Crippen LogP contribution in [0.25, 0.3) is 0 Å². The lowest BCUT2D eigenvalue weighted by atomic mass is 10.1. The first-order valence-electron chi connectivity index (χ1n) is 8.18. The Bertz CT molecular complexity index is 653. The van der Waals surface area contributed by atoms with Gasteiger partial charge in [0.15, 0.2) is 11.5 Å². The van der Waals surface area contributed by atoms with Gasteiger partial charge in [-0.05, 0) is 50.9 Å². The first-order chi connectivity index (χ1) is 11.2. The first-order valence-corrected chi connectivity index (χ1v) is 8.18. The summed E-state index contributed by atoms with van der Waals surface area (Å²) in [4.78, 5) is 2.45. The van der Waals surface area contributed by atoms with Crippen LogP contribution in [-0.4, -0.2) is 30.3 Å². The van der Waals surface area contributed by atoms with Gasteiger partial charge in [0, 0.05) is 12.6 Å². The zero-order valence-electron chi connectivity index (χ0n) is 14.0. The fourth-order valence-corrected chi connectivity index (χ4v) is 3.21. The third-order valence-electron chi connectivity index (χ3n) is 4.26. The van der Waals surface area contributed by atoms with Crippen molar-refractivity contribution in [3.63, 3.8) is 0 Å². The fraction of sp³-hybridized carbons (Fsp3) is 0.500. The topological polar surface area (TPSA) is 47.7 Å². The Kier molecular flexibility index (Phi) is 4.86. The number of hydrogen-bond acceptors (Lipinski definition) is 5. The van der Waals surface area contributed by atoms with Crippen LogP contribution in [0, 0.1) is 6.92 Å². The number of likely N-dealkylation sites (tertiary alicyclic amines) is 1. The number of hydrogen-bond donors (Lipinski definition) is 0. The molecule has 1 aromatic heterocycles. The zero-order valence-corrected chi connectivity index (χ0v) is 14.0. The predicted octanol–water partition coefficient (Wildman–Crippen LogP) is 3.73. The Morgan fingerprint density at radius 1 is 1.30 bits per heavy atom. The largest absolute Gasteiger partial charge is 0.493 e. The van der Waals surface area contributed by atoms with Crippen LogP contribution in [0.1, 0.15) is 42.8 Å². The van der Waals surface area contributed by atoms with Crippen molar-refractivity contribution in [2.75, 3.05) is 20.3 Å². The van der Waals surface area contributed by atoms with Crippen molar-refractivity contribution in [1.82, 2.24) is 10.1 Å². The number of benzene rings is 1. The molecule has 0 bridgehead atoms. The highest BCUT2D eigenvalue weighted by Gasteiger charge is 2.28. The molecule has 5 heteroatoms. The van der Waals surface area contributed by atoms with Crippen LogP contribution < -0.4 is 9.47 Å². The molecule has 3 rings (SSSR count). The molecule has 124 valence electrons. The van der Waals surface area contributed by atoms with Gasteiger partial charge in [0.2, 0.25) is 0 Å². The molecule has 0 amide bonds. The van der Waals surface area contributed by atoms with E-state index in [-0.39, 0.29) is 0 Å². The van der Waals surface area contributed by atoms with Crippen molar-refractivity contribution in [2.24, 2.45) is 0 Å².